The maximum Gasteiger partial charge on any atom is 0.0346 e. The fraction of sp³-hybridized carbons (Fsp3) is 0.357. The first-order valence-electron chi connectivity index (χ1n) is 5.90. The zero-order valence-electron chi connectivity index (χ0n) is 9.26. The van der Waals surface area contributed by atoms with Gasteiger partial charge in [0.1, 0.15) is 0 Å². The molecule has 2 nitrogen and oxygen atoms in total. The largest absolute Gasteiger partial charge is 0.264 e. The Morgan fingerprint density at radius 3 is 2.75 bits per heavy atom. The highest BCUT2D eigenvalue weighted by Crippen LogP contribution is 2.27. The van der Waals surface area contributed by atoms with Gasteiger partial charge in [0, 0.05) is 30.9 Å². The molecule has 0 spiro atoms. The van der Waals surface area contributed by atoms with E-state index in [1.54, 1.807) is 0 Å². The molecule has 1 aromatic carbocycles. The molecule has 0 aliphatic carbocycles. The van der Waals surface area contributed by atoms with Crippen LogP contribution in [-0.2, 0) is 0 Å². The zero-order valence-corrected chi connectivity index (χ0v) is 9.26. The second-order valence-corrected chi connectivity index (χ2v) is 4.43. The van der Waals surface area contributed by atoms with E-state index in [1.165, 1.54) is 29.2 Å². The van der Waals surface area contributed by atoms with E-state index in [9.17, 15) is 0 Å². The van der Waals surface area contributed by atoms with Crippen molar-refractivity contribution in [1.29, 1.82) is 0 Å². The van der Waals surface area contributed by atoms with Gasteiger partial charge < -0.3 is 0 Å². The van der Waals surface area contributed by atoms with Crippen LogP contribution < -0.4 is 5.32 Å². The zero-order chi connectivity index (χ0) is 10.8. The van der Waals surface area contributed by atoms with E-state index in [1.807, 2.05) is 12.4 Å². The van der Waals surface area contributed by atoms with E-state index < -0.39 is 0 Å². The van der Waals surface area contributed by atoms with Gasteiger partial charge in [0.2, 0.25) is 0 Å². The fourth-order valence-corrected chi connectivity index (χ4v) is 2.44. The first-order chi connectivity index (χ1) is 7.93. The number of piperidine rings is 1. The number of hydrogen-bond donors (Lipinski definition) is 0. The van der Waals surface area contributed by atoms with Crippen LogP contribution in [0.15, 0.2) is 36.7 Å². The minimum atomic E-state index is 0.704. The average Bonchev–Trinajstić information content (AvgIpc) is 2.39. The maximum absolute atomic E-state index is 4.41. The number of fused-ring (bicyclic) bond motifs is 1. The van der Waals surface area contributed by atoms with Crippen LogP contribution in [-0.4, -0.2) is 18.1 Å². The standard InChI is InChI=1S/C14H15N2/c1-2-14-10-16-8-5-13(14)9-12(1)11-3-6-15-7-4-11/h1-2,5,8-11H,3-4,6-7H2. The predicted molar refractivity (Wildman–Crippen MR) is 65.6 cm³/mol. The summed E-state index contributed by atoms with van der Waals surface area (Å²) in [4.78, 5) is 4.14. The molecule has 1 aliphatic heterocycles. The first-order valence-corrected chi connectivity index (χ1v) is 5.90. The Labute approximate surface area is 95.7 Å². The van der Waals surface area contributed by atoms with Crippen LogP contribution in [0.4, 0.5) is 0 Å². The number of pyridine rings is 1. The summed E-state index contributed by atoms with van der Waals surface area (Å²) < 4.78 is 0. The molecule has 2 aromatic rings. The summed E-state index contributed by atoms with van der Waals surface area (Å²) in [7, 11) is 0. The van der Waals surface area contributed by atoms with Gasteiger partial charge in [-0.05, 0) is 35.8 Å². The molecule has 0 bridgehead atoms. The molecule has 1 radical (unpaired) electrons. The predicted octanol–water partition coefficient (Wildman–Crippen LogP) is 2.72. The summed E-state index contributed by atoms with van der Waals surface area (Å²) >= 11 is 0. The van der Waals surface area contributed by atoms with Crippen LogP contribution in [0.1, 0.15) is 24.3 Å². The lowest BCUT2D eigenvalue weighted by Crippen LogP contribution is -2.20. The van der Waals surface area contributed by atoms with E-state index in [4.69, 9.17) is 0 Å². The number of hydrogen-bond acceptors (Lipinski definition) is 1. The molecule has 0 atom stereocenters. The van der Waals surface area contributed by atoms with Crippen molar-refractivity contribution >= 4 is 10.8 Å². The third kappa shape index (κ3) is 1.81. The van der Waals surface area contributed by atoms with Gasteiger partial charge in [0.05, 0.1) is 0 Å². The Morgan fingerprint density at radius 1 is 1.00 bits per heavy atom. The lowest BCUT2D eigenvalue weighted by Gasteiger charge is -2.22. The van der Waals surface area contributed by atoms with Crippen molar-refractivity contribution in [2.45, 2.75) is 18.8 Å². The van der Waals surface area contributed by atoms with Crippen LogP contribution in [0.25, 0.3) is 10.8 Å². The molecule has 16 heavy (non-hydrogen) atoms. The molecule has 1 fully saturated rings. The SMILES string of the molecule is c1cc2cc(C3CC[N]CC3)ccc2cn1. The van der Waals surface area contributed by atoms with Crippen molar-refractivity contribution in [3.63, 3.8) is 0 Å². The van der Waals surface area contributed by atoms with Gasteiger partial charge in [0.25, 0.3) is 0 Å². The molecule has 0 amide bonds. The maximum atomic E-state index is 4.41. The summed E-state index contributed by atoms with van der Waals surface area (Å²) in [5.74, 6) is 0.704. The van der Waals surface area contributed by atoms with Crippen molar-refractivity contribution in [3.8, 4) is 0 Å². The fourth-order valence-electron chi connectivity index (χ4n) is 2.44. The summed E-state index contributed by atoms with van der Waals surface area (Å²) in [5, 5.41) is 6.93. The summed E-state index contributed by atoms with van der Waals surface area (Å²) in [5.41, 5.74) is 1.47. The van der Waals surface area contributed by atoms with E-state index >= 15 is 0 Å². The van der Waals surface area contributed by atoms with Gasteiger partial charge in [-0.1, -0.05) is 18.2 Å². The third-order valence-corrected chi connectivity index (χ3v) is 3.41. The molecule has 0 saturated carbocycles. The van der Waals surface area contributed by atoms with Gasteiger partial charge in [-0.25, -0.2) is 5.32 Å². The van der Waals surface area contributed by atoms with Crippen LogP contribution in [0, 0.1) is 0 Å². The van der Waals surface area contributed by atoms with E-state index in [-0.39, 0.29) is 0 Å². The van der Waals surface area contributed by atoms with E-state index in [0.29, 0.717) is 5.92 Å². The molecular weight excluding hydrogens is 196 g/mol. The van der Waals surface area contributed by atoms with Crippen LogP contribution in [0.3, 0.4) is 0 Å². The molecule has 1 aromatic heterocycles. The molecule has 0 N–H and O–H groups in total. The second kappa shape index (κ2) is 4.22. The Morgan fingerprint density at radius 2 is 1.88 bits per heavy atom. The Balaban J connectivity index is 1.97. The highest BCUT2D eigenvalue weighted by atomic mass is 14.9. The smallest absolute Gasteiger partial charge is 0.0346 e. The molecule has 2 heterocycles. The molecule has 81 valence electrons. The molecule has 0 unspecified atom stereocenters. The second-order valence-electron chi connectivity index (χ2n) is 4.43. The van der Waals surface area contributed by atoms with Gasteiger partial charge in [-0.15, -0.1) is 0 Å². The van der Waals surface area contributed by atoms with E-state index in [2.05, 4.69) is 34.6 Å². The first kappa shape index (κ1) is 9.79. The Kier molecular flexibility index (Phi) is 2.58. The summed E-state index contributed by atoms with van der Waals surface area (Å²) in [6, 6.07) is 8.84. The third-order valence-electron chi connectivity index (χ3n) is 3.41. The average molecular weight is 211 g/mol. The Bertz CT molecular complexity index is 487. The Hall–Kier alpha value is -1.41. The van der Waals surface area contributed by atoms with Gasteiger partial charge in [-0.3, -0.25) is 4.98 Å². The minimum absolute atomic E-state index is 0.704. The normalized spacial score (nSPS) is 17.8. The lowest BCUT2D eigenvalue weighted by atomic mass is 9.89. The van der Waals surface area contributed by atoms with Gasteiger partial charge in [-0.2, -0.15) is 0 Å². The highest BCUT2D eigenvalue weighted by molar-refractivity contribution is 5.82. The van der Waals surface area contributed by atoms with Crippen molar-refractivity contribution < 1.29 is 0 Å². The highest BCUT2D eigenvalue weighted by Gasteiger charge is 2.15. The molecule has 1 aliphatic rings. The number of aromatic nitrogens is 1. The topological polar surface area (TPSA) is 27.0 Å². The van der Waals surface area contributed by atoms with Gasteiger partial charge in [0.15, 0.2) is 0 Å². The number of nitrogens with zero attached hydrogens (tertiary/aromatic N) is 2. The lowest BCUT2D eigenvalue weighted by molar-refractivity contribution is 0.454. The molecular formula is C14H15N2. The molecule has 3 rings (SSSR count). The number of rotatable bonds is 1. The summed E-state index contributed by atoms with van der Waals surface area (Å²) in [6.07, 6.45) is 6.20. The van der Waals surface area contributed by atoms with Crippen molar-refractivity contribution in [3.05, 3.63) is 42.2 Å². The quantitative estimate of drug-likeness (QED) is 0.712. The van der Waals surface area contributed by atoms with Gasteiger partial charge >= 0.3 is 0 Å². The van der Waals surface area contributed by atoms with Crippen molar-refractivity contribution in [1.82, 2.24) is 10.3 Å². The van der Waals surface area contributed by atoms with Crippen molar-refractivity contribution in [2.75, 3.05) is 13.1 Å². The van der Waals surface area contributed by atoms with Crippen LogP contribution >= 0.6 is 0 Å². The molecule has 1 saturated heterocycles. The molecule has 2 heteroatoms. The summed E-state index contributed by atoms with van der Waals surface area (Å²) in [6.45, 7) is 2.05. The van der Waals surface area contributed by atoms with Crippen LogP contribution in [0.5, 0.6) is 0 Å². The monoisotopic (exact) mass is 211 g/mol. The number of benzene rings is 1. The minimum Gasteiger partial charge on any atom is -0.264 e. The van der Waals surface area contributed by atoms with Crippen LogP contribution in [0.2, 0.25) is 0 Å². The van der Waals surface area contributed by atoms with E-state index in [0.717, 1.165) is 13.1 Å². The van der Waals surface area contributed by atoms with Crippen molar-refractivity contribution in [2.24, 2.45) is 0 Å².